The van der Waals surface area contributed by atoms with Crippen LogP contribution in [0.25, 0.3) is 0 Å². The average molecular weight is 279 g/mol. The number of alkyl halides is 3. The van der Waals surface area contributed by atoms with Crippen LogP contribution in [0.4, 0.5) is 13.2 Å². The van der Waals surface area contributed by atoms with Crippen molar-refractivity contribution in [3.8, 4) is 0 Å². The fourth-order valence-electron chi connectivity index (χ4n) is 3.47. The van der Waals surface area contributed by atoms with Gasteiger partial charge in [-0.15, -0.1) is 0 Å². The summed E-state index contributed by atoms with van der Waals surface area (Å²) in [6, 6.07) is 0.661. The van der Waals surface area contributed by atoms with Crippen LogP contribution >= 0.6 is 11.8 Å². The summed E-state index contributed by atoms with van der Waals surface area (Å²) in [5, 5.41) is 3.54. The van der Waals surface area contributed by atoms with Crippen molar-refractivity contribution < 1.29 is 13.2 Å². The molecule has 0 amide bonds. The molecule has 0 aliphatic heterocycles. The van der Waals surface area contributed by atoms with Crippen molar-refractivity contribution in [3.05, 3.63) is 0 Å². The molecule has 3 fully saturated rings. The monoisotopic (exact) mass is 279 g/mol. The minimum absolute atomic E-state index is 0.157. The third-order valence-electron chi connectivity index (χ3n) is 4.70. The van der Waals surface area contributed by atoms with Crippen LogP contribution in [0.3, 0.4) is 0 Å². The predicted octanol–water partition coefficient (Wildman–Crippen LogP) is 3.80. The van der Waals surface area contributed by atoms with E-state index in [4.69, 9.17) is 0 Å². The fourth-order valence-corrected chi connectivity index (χ4v) is 4.24. The van der Waals surface area contributed by atoms with Gasteiger partial charge in [0.25, 0.3) is 0 Å². The van der Waals surface area contributed by atoms with Gasteiger partial charge in [-0.2, -0.15) is 13.2 Å². The predicted molar refractivity (Wildman–Crippen MR) is 67.4 cm³/mol. The van der Waals surface area contributed by atoms with Crippen molar-refractivity contribution in [3.63, 3.8) is 0 Å². The van der Waals surface area contributed by atoms with Crippen LogP contribution in [0.5, 0.6) is 0 Å². The molecule has 0 bridgehead atoms. The highest BCUT2D eigenvalue weighted by molar-refractivity contribution is 8.00. The van der Waals surface area contributed by atoms with E-state index in [1.54, 1.807) is 0 Å². The SMILES string of the molecule is FC(F)(F)SCCC1(CNC2CC2)CC2CC2C1. The number of thioether (sulfide) groups is 1. The molecule has 0 heterocycles. The molecule has 2 atom stereocenters. The largest absolute Gasteiger partial charge is 0.441 e. The van der Waals surface area contributed by atoms with Crippen LogP contribution in [0.15, 0.2) is 0 Å². The molecule has 0 saturated heterocycles. The second-order valence-corrected chi connectivity index (χ2v) is 7.52. The van der Waals surface area contributed by atoms with E-state index in [1.165, 1.54) is 19.3 Å². The first-order chi connectivity index (χ1) is 8.46. The highest BCUT2D eigenvalue weighted by Gasteiger charge is 2.53. The number of nitrogens with one attached hydrogen (secondary N) is 1. The summed E-state index contributed by atoms with van der Waals surface area (Å²) in [5.74, 6) is 1.90. The van der Waals surface area contributed by atoms with Crippen LogP contribution in [-0.4, -0.2) is 23.8 Å². The molecule has 3 aliphatic carbocycles. The molecular weight excluding hydrogens is 259 g/mol. The van der Waals surface area contributed by atoms with Gasteiger partial charge < -0.3 is 5.32 Å². The Morgan fingerprint density at radius 3 is 2.39 bits per heavy atom. The number of hydrogen-bond acceptors (Lipinski definition) is 2. The first kappa shape index (κ1) is 13.1. The maximum Gasteiger partial charge on any atom is 0.441 e. The highest BCUT2D eigenvalue weighted by atomic mass is 32.2. The van der Waals surface area contributed by atoms with Crippen molar-refractivity contribution in [1.82, 2.24) is 5.32 Å². The molecule has 0 aromatic heterocycles. The van der Waals surface area contributed by atoms with Gasteiger partial charge in [0.2, 0.25) is 0 Å². The lowest BCUT2D eigenvalue weighted by Crippen LogP contribution is -2.35. The first-order valence-corrected chi connectivity index (χ1v) is 7.88. The van der Waals surface area contributed by atoms with Gasteiger partial charge in [-0.1, -0.05) is 11.8 Å². The van der Waals surface area contributed by atoms with Crippen LogP contribution in [-0.2, 0) is 0 Å². The highest BCUT2D eigenvalue weighted by Crippen LogP contribution is 2.61. The van der Waals surface area contributed by atoms with E-state index >= 15 is 0 Å². The Morgan fingerprint density at radius 1 is 1.17 bits per heavy atom. The third-order valence-corrected chi connectivity index (χ3v) is 5.44. The van der Waals surface area contributed by atoms with Crippen LogP contribution < -0.4 is 5.32 Å². The molecule has 0 radical (unpaired) electrons. The van der Waals surface area contributed by atoms with E-state index in [1.807, 2.05) is 0 Å². The van der Waals surface area contributed by atoms with E-state index < -0.39 is 5.51 Å². The van der Waals surface area contributed by atoms with Gasteiger partial charge in [-0.3, -0.25) is 0 Å². The van der Waals surface area contributed by atoms with Crippen molar-refractivity contribution in [2.45, 2.75) is 50.1 Å². The molecule has 0 aromatic carbocycles. The summed E-state index contributed by atoms with van der Waals surface area (Å²) < 4.78 is 36.6. The van der Waals surface area contributed by atoms with E-state index in [0.717, 1.165) is 37.6 Å². The summed E-state index contributed by atoms with van der Waals surface area (Å²) in [7, 11) is 0. The Morgan fingerprint density at radius 2 is 1.83 bits per heavy atom. The Hall–Kier alpha value is 0.1000. The zero-order valence-corrected chi connectivity index (χ0v) is 11.2. The zero-order chi connectivity index (χ0) is 12.8. The minimum atomic E-state index is -4.06. The summed E-state index contributed by atoms with van der Waals surface area (Å²) in [5.41, 5.74) is -3.89. The Balaban J connectivity index is 1.49. The lowest BCUT2D eigenvalue weighted by atomic mass is 9.80. The van der Waals surface area contributed by atoms with Gasteiger partial charge in [0.05, 0.1) is 0 Å². The Labute approximate surface area is 110 Å². The smallest absolute Gasteiger partial charge is 0.313 e. The normalized spacial score (nSPS) is 38.8. The second-order valence-electron chi connectivity index (χ2n) is 6.36. The van der Waals surface area contributed by atoms with Gasteiger partial charge >= 0.3 is 5.51 Å². The molecule has 0 aromatic rings. The molecule has 1 nitrogen and oxygen atoms in total. The zero-order valence-electron chi connectivity index (χ0n) is 10.4. The van der Waals surface area contributed by atoms with Gasteiger partial charge in [0, 0.05) is 18.3 Å². The van der Waals surface area contributed by atoms with Crippen LogP contribution in [0.2, 0.25) is 0 Å². The van der Waals surface area contributed by atoms with Gasteiger partial charge in [0.15, 0.2) is 0 Å². The number of hydrogen-bond donors (Lipinski definition) is 1. The molecule has 3 saturated carbocycles. The van der Waals surface area contributed by atoms with Gasteiger partial charge in [-0.25, -0.2) is 0 Å². The molecule has 1 N–H and O–H groups in total. The summed E-state index contributed by atoms with van der Waals surface area (Å²) in [6.45, 7) is 0.948. The fraction of sp³-hybridized carbons (Fsp3) is 1.00. The van der Waals surface area contributed by atoms with Gasteiger partial charge in [0.1, 0.15) is 0 Å². The summed E-state index contributed by atoms with van der Waals surface area (Å²) in [4.78, 5) is 0. The molecule has 2 unspecified atom stereocenters. The molecule has 3 aliphatic rings. The van der Waals surface area contributed by atoms with Crippen LogP contribution in [0.1, 0.15) is 38.5 Å². The first-order valence-electron chi connectivity index (χ1n) is 6.90. The van der Waals surface area contributed by atoms with Gasteiger partial charge in [-0.05, 0) is 55.8 Å². The lowest BCUT2D eigenvalue weighted by Gasteiger charge is -2.31. The second kappa shape index (κ2) is 4.58. The molecule has 3 rings (SSSR count). The van der Waals surface area contributed by atoms with E-state index in [9.17, 15) is 13.2 Å². The lowest BCUT2D eigenvalue weighted by molar-refractivity contribution is -0.0329. The number of rotatable bonds is 6. The molecular formula is C13H20F3NS. The topological polar surface area (TPSA) is 12.0 Å². The van der Waals surface area contributed by atoms with Crippen molar-refractivity contribution in [2.75, 3.05) is 12.3 Å². The van der Waals surface area contributed by atoms with Crippen molar-refractivity contribution in [2.24, 2.45) is 17.3 Å². The maximum atomic E-state index is 12.2. The van der Waals surface area contributed by atoms with E-state index in [-0.39, 0.29) is 22.9 Å². The third kappa shape index (κ3) is 3.35. The molecule has 18 heavy (non-hydrogen) atoms. The Bertz CT molecular complexity index is 304. The summed E-state index contributed by atoms with van der Waals surface area (Å²) in [6.07, 6.45) is 6.88. The van der Waals surface area contributed by atoms with Crippen molar-refractivity contribution in [1.29, 1.82) is 0 Å². The Kier molecular flexibility index (Phi) is 3.34. The number of fused-ring (bicyclic) bond motifs is 1. The van der Waals surface area contributed by atoms with E-state index in [0.29, 0.717) is 6.04 Å². The molecule has 104 valence electrons. The minimum Gasteiger partial charge on any atom is -0.313 e. The number of halogens is 3. The molecule has 0 spiro atoms. The average Bonchev–Trinajstić information content (AvgIpc) is 3.15. The maximum absolute atomic E-state index is 12.2. The standard InChI is InChI=1S/C13H20F3NS/c14-13(15,16)18-4-3-12(8-17-11-1-2-11)6-9-5-10(9)7-12/h9-11,17H,1-8H2. The summed E-state index contributed by atoms with van der Waals surface area (Å²) >= 11 is 0.157. The van der Waals surface area contributed by atoms with Crippen LogP contribution in [0, 0.1) is 17.3 Å². The molecule has 5 heteroatoms. The van der Waals surface area contributed by atoms with Crippen molar-refractivity contribution >= 4 is 11.8 Å². The quantitative estimate of drug-likeness (QED) is 0.793. The van der Waals surface area contributed by atoms with E-state index in [2.05, 4.69) is 5.32 Å².